The lowest BCUT2D eigenvalue weighted by Gasteiger charge is -2.07. The van der Waals surface area contributed by atoms with Crippen LogP contribution in [0.25, 0.3) is 0 Å². The molecular weight excluding hydrogens is 260 g/mol. The summed E-state index contributed by atoms with van der Waals surface area (Å²) >= 11 is 0. The maximum absolute atomic E-state index is 12.2. The van der Waals surface area contributed by atoms with E-state index in [1.165, 1.54) is 5.56 Å². The molecule has 0 aliphatic rings. The van der Waals surface area contributed by atoms with Crippen LogP contribution in [0.15, 0.2) is 42.5 Å². The van der Waals surface area contributed by atoms with Crippen LogP contribution in [0.2, 0.25) is 0 Å². The maximum Gasteiger partial charge on any atom is 0.255 e. The largest absolute Gasteiger partial charge is 0.322 e. The predicted octanol–water partition coefficient (Wildman–Crippen LogP) is 2.87. The van der Waals surface area contributed by atoms with Crippen molar-refractivity contribution >= 4 is 11.6 Å². The van der Waals surface area contributed by atoms with Crippen molar-refractivity contribution in [2.24, 2.45) is 5.73 Å². The van der Waals surface area contributed by atoms with Crippen molar-refractivity contribution in [3.8, 4) is 11.8 Å². The van der Waals surface area contributed by atoms with Crippen LogP contribution in [0.4, 0.5) is 5.69 Å². The van der Waals surface area contributed by atoms with Crippen LogP contribution in [-0.4, -0.2) is 12.5 Å². The lowest BCUT2D eigenvalue weighted by atomic mass is 10.1. The fourth-order valence-electron chi connectivity index (χ4n) is 1.88. The molecule has 0 saturated carbocycles. The van der Waals surface area contributed by atoms with Crippen molar-refractivity contribution in [3.05, 3.63) is 64.7 Å². The molecule has 3 nitrogen and oxygen atoms in total. The van der Waals surface area contributed by atoms with Crippen molar-refractivity contribution in [1.82, 2.24) is 0 Å². The van der Waals surface area contributed by atoms with Gasteiger partial charge in [0.2, 0.25) is 0 Å². The van der Waals surface area contributed by atoms with Gasteiger partial charge in [0.1, 0.15) is 0 Å². The Kier molecular flexibility index (Phi) is 4.76. The molecule has 106 valence electrons. The van der Waals surface area contributed by atoms with Gasteiger partial charge in [-0.2, -0.15) is 0 Å². The van der Waals surface area contributed by atoms with E-state index in [1.54, 1.807) is 12.1 Å². The van der Waals surface area contributed by atoms with E-state index in [0.717, 1.165) is 16.8 Å². The van der Waals surface area contributed by atoms with Gasteiger partial charge in [-0.15, -0.1) is 0 Å². The van der Waals surface area contributed by atoms with Crippen LogP contribution in [0.1, 0.15) is 27.0 Å². The normalized spacial score (nSPS) is 9.67. The molecule has 2 rings (SSSR count). The number of carbonyl (C=O) groups is 1. The molecule has 2 aromatic carbocycles. The van der Waals surface area contributed by atoms with Gasteiger partial charge >= 0.3 is 0 Å². The summed E-state index contributed by atoms with van der Waals surface area (Å²) < 4.78 is 0. The zero-order valence-electron chi connectivity index (χ0n) is 12.2. The van der Waals surface area contributed by atoms with Crippen molar-refractivity contribution in [2.45, 2.75) is 13.8 Å². The second kappa shape index (κ2) is 6.74. The van der Waals surface area contributed by atoms with Gasteiger partial charge in [-0.25, -0.2) is 0 Å². The Labute approximate surface area is 125 Å². The van der Waals surface area contributed by atoms with E-state index in [0.29, 0.717) is 12.1 Å². The number of aryl methyl sites for hydroxylation is 2. The van der Waals surface area contributed by atoms with Gasteiger partial charge in [-0.05, 0) is 61.4 Å². The molecule has 21 heavy (non-hydrogen) atoms. The number of nitrogens with two attached hydrogens (primary N) is 1. The third kappa shape index (κ3) is 3.95. The van der Waals surface area contributed by atoms with Crippen LogP contribution < -0.4 is 11.1 Å². The van der Waals surface area contributed by atoms with Gasteiger partial charge in [0.15, 0.2) is 0 Å². The van der Waals surface area contributed by atoms with E-state index in [1.807, 2.05) is 44.2 Å². The third-order valence-electron chi connectivity index (χ3n) is 3.25. The van der Waals surface area contributed by atoms with Gasteiger partial charge in [0.05, 0.1) is 6.54 Å². The standard InChI is InChI=1S/C18H18N2O/c1-13-5-10-17(12-14(13)2)20-18(21)16-8-6-15(7-9-16)4-3-11-19/h5-10,12H,11,19H2,1-2H3,(H,20,21). The first-order valence-corrected chi connectivity index (χ1v) is 6.78. The van der Waals surface area contributed by atoms with E-state index in [9.17, 15) is 4.79 Å². The Balaban J connectivity index is 2.11. The highest BCUT2D eigenvalue weighted by Crippen LogP contribution is 2.15. The first-order valence-electron chi connectivity index (χ1n) is 6.78. The van der Waals surface area contributed by atoms with Crippen LogP contribution in [0.3, 0.4) is 0 Å². The van der Waals surface area contributed by atoms with E-state index in [-0.39, 0.29) is 5.91 Å². The fraction of sp³-hybridized carbons (Fsp3) is 0.167. The van der Waals surface area contributed by atoms with Gasteiger partial charge in [0, 0.05) is 16.8 Å². The van der Waals surface area contributed by atoms with Gasteiger partial charge in [-0.3, -0.25) is 4.79 Å². The molecule has 0 spiro atoms. The lowest BCUT2D eigenvalue weighted by Crippen LogP contribution is -2.11. The minimum atomic E-state index is -0.128. The molecule has 0 fully saturated rings. The topological polar surface area (TPSA) is 55.1 Å². The van der Waals surface area contributed by atoms with Gasteiger partial charge in [-0.1, -0.05) is 17.9 Å². The quantitative estimate of drug-likeness (QED) is 0.830. The number of hydrogen-bond donors (Lipinski definition) is 2. The average molecular weight is 278 g/mol. The summed E-state index contributed by atoms with van der Waals surface area (Å²) in [6.07, 6.45) is 0. The van der Waals surface area contributed by atoms with Crippen molar-refractivity contribution in [3.63, 3.8) is 0 Å². The van der Waals surface area contributed by atoms with Crippen LogP contribution >= 0.6 is 0 Å². The van der Waals surface area contributed by atoms with Gasteiger partial charge in [0.25, 0.3) is 5.91 Å². The number of carbonyl (C=O) groups excluding carboxylic acids is 1. The zero-order valence-corrected chi connectivity index (χ0v) is 12.2. The average Bonchev–Trinajstić information content (AvgIpc) is 2.49. The van der Waals surface area contributed by atoms with Crippen molar-refractivity contribution < 1.29 is 4.79 Å². The highest BCUT2D eigenvalue weighted by molar-refractivity contribution is 6.04. The number of hydrogen-bond acceptors (Lipinski definition) is 2. The number of rotatable bonds is 2. The van der Waals surface area contributed by atoms with E-state index in [4.69, 9.17) is 5.73 Å². The summed E-state index contributed by atoms with van der Waals surface area (Å²) in [6.45, 7) is 4.40. The molecule has 3 heteroatoms. The van der Waals surface area contributed by atoms with E-state index >= 15 is 0 Å². The Morgan fingerprint density at radius 1 is 1.10 bits per heavy atom. The number of nitrogens with one attached hydrogen (secondary N) is 1. The minimum Gasteiger partial charge on any atom is -0.322 e. The predicted molar refractivity (Wildman–Crippen MR) is 86.2 cm³/mol. The highest BCUT2D eigenvalue weighted by Gasteiger charge is 2.06. The highest BCUT2D eigenvalue weighted by atomic mass is 16.1. The molecule has 0 saturated heterocycles. The fourth-order valence-corrected chi connectivity index (χ4v) is 1.88. The summed E-state index contributed by atoms with van der Waals surface area (Å²) in [5, 5.41) is 2.89. The molecule has 2 aromatic rings. The second-order valence-electron chi connectivity index (χ2n) is 4.84. The van der Waals surface area contributed by atoms with Crippen molar-refractivity contribution in [2.75, 3.05) is 11.9 Å². The van der Waals surface area contributed by atoms with Crippen molar-refractivity contribution in [1.29, 1.82) is 0 Å². The third-order valence-corrected chi connectivity index (χ3v) is 3.25. The molecule has 0 bridgehead atoms. The molecule has 0 aliphatic carbocycles. The molecule has 3 N–H and O–H groups in total. The smallest absolute Gasteiger partial charge is 0.255 e. The molecule has 0 aliphatic heterocycles. The summed E-state index contributed by atoms with van der Waals surface area (Å²) in [5.41, 5.74) is 9.94. The molecule has 0 atom stereocenters. The zero-order chi connectivity index (χ0) is 15.2. The van der Waals surface area contributed by atoms with E-state index < -0.39 is 0 Å². The minimum absolute atomic E-state index is 0.128. The molecule has 0 radical (unpaired) electrons. The molecule has 1 amide bonds. The monoisotopic (exact) mass is 278 g/mol. The molecule has 0 unspecified atom stereocenters. The maximum atomic E-state index is 12.2. The summed E-state index contributed by atoms with van der Waals surface area (Å²) in [7, 11) is 0. The second-order valence-corrected chi connectivity index (χ2v) is 4.84. The summed E-state index contributed by atoms with van der Waals surface area (Å²) in [6, 6.07) is 13.0. The van der Waals surface area contributed by atoms with E-state index in [2.05, 4.69) is 17.2 Å². The number of anilines is 1. The first kappa shape index (κ1) is 14.8. The Morgan fingerprint density at radius 3 is 2.43 bits per heavy atom. The molecule has 0 aromatic heterocycles. The van der Waals surface area contributed by atoms with Gasteiger partial charge < -0.3 is 11.1 Å². The molecular formula is C18H18N2O. The number of benzene rings is 2. The lowest BCUT2D eigenvalue weighted by molar-refractivity contribution is 0.102. The van der Waals surface area contributed by atoms with Crippen LogP contribution in [0.5, 0.6) is 0 Å². The Hall–Kier alpha value is -2.57. The summed E-state index contributed by atoms with van der Waals surface area (Å²) in [5.74, 6) is 5.58. The Bertz CT molecular complexity index is 706. The van der Waals surface area contributed by atoms with Crippen LogP contribution in [0, 0.1) is 25.7 Å². The Morgan fingerprint density at radius 2 is 1.81 bits per heavy atom. The number of amides is 1. The first-order chi connectivity index (χ1) is 10.1. The van der Waals surface area contributed by atoms with Crippen LogP contribution in [-0.2, 0) is 0 Å². The molecule has 0 heterocycles. The summed E-state index contributed by atoms with van der Waals surface area (Å²) in [4.78, 5) is 12.2. The SMILES string of the molecule is Cc1ccc(NC(=O)c2ccc(C#CCN)cc2)cc1C.